The molecule has 0 saturated heterocycles. The van der Waals surface area contributed by atoms with E-state index < -0.39 is 18.7 Å². The predicted molar refractivity (Wildman–Crippen MR) is 69.0 cm³/mol. The van der Waals surface area contributed by atoms with E-state index in [2.05, 4.69) is 20.0 Å². The Kier molecular flexibility index (Phi) is 4.32. The Balaban J connectivity index is 1.85. The Morgan fingerprint density at radius 2 is 1.95 bits per heavy atom. The summed E-state index contributed by atoms with van der Waals surface area (Å²) in [5.41, 5.74) is 1.17. The van der Waals surface area contributed by atoms with Crippen molar-refractivity contribution in [2.75, 3.05) is 18.5 Å². The average molecular weight is 303 g/mol. The normalized spacial score (nSPS) is 11.8. The third-order valence-corrected chi connectivity index (χ3v) is 2.54. The number of hydrogen-bond donors (Lipinski definition) is 3. The standard InChI is InChI=1S/C12H12F3N3O3/c13-12(14,15)6-21-4-3-10(19)16-7-1-2-8-9(5-7)18-11(20)17-8/h1-2,5H,3-4,6H2,(H,16,19)(H2,17,18,20). The number of aromatic amines is 2. The van der Waals surface area contributed by atoms with E-state index in [-0.39, 0.29) is 18.7 Å². The number of imidazole rings is 1. The molecule has 0 unspecified atom stereocenters. The Morgan fingerprint density at radius 1 is 1.24 bits per heavy atom. The van der Waals surface area contributed by atoms with Crippen molar-refractivity contribution in [2.45, 2.75) is 12.6 Å². The van der Waals surface area contributed by atoms with Gasteiger partial charge in [-0.2, -0.15) is 13.2 Å². The van der Waals surface area contributed by atoms with Gasteiger partial charge < -0.3 is 20.0 Å². The van der Waals surface area contributed by atoms with E-state index in [1.165, 1.54) is 0 Å². The molecule has 0 spiro atoms. The first-order valence-corrected chi connectivity index (χ1v) is 6.00. The molecule has 0 radical (unpaired) electrons. The van der Waals surface area contributed by atoms with Gasteiger partial charge in [-0.3, -0.25) is 4.79 Å². The molecule has 0 aliphatic carbocycles. The van der Waals surface area contributed by atoms with E-state index in [9.17, 15) is 22.8 Å². The van der Waals surface area contributed by atoms with Crippen molar-refractivity contribution in [3.05, 3.63) is 28.7 Å². The molecule has 21 heavy (non-hydrogen) atoms. The second-order valence-corrected chi connectivity index (χ2v) is 4.31. The van der Waals surface area contributed by atoms with Crippen LogP contribution in [0.2, 0.25) is 0 Å². The first-order chi connectivity index (χ1) is 9.83. The SMILES string of the molecule is O=C(CCOCC(F)(F)F)Nc1ccc2[nH]c(=O)[nH]c2c1. The van der Waals surface area contributed by atoms with Gasteiger partial charge in [-0.1, -0.05) is 0 Å². The smallest absolute Gasteiger partial charge is 0.372 e. The largest absolute Gasteiger partial charge is 0.411 e. The lowest BCUT2D eigenvalue weighted by Gasteiger charge is -2.08. The van der Waals surface area contributed by atoms with Crippen LogP contribution in [0.3, 0.4) is 0 Å². The van der Waals surface area contributed by atoms with Gasteiger partial charge in [0, 0.05) is 5.69 Å². The van der Waals surface area contributed by atoms with Gasteiger partial charge in [0.15, 0.2) is 0 Å². The molecule has 0 fully saturated rings. The van der Waals surface area contributed by atoms with E-state index in [0.29, 0.717) is 16.7 Å². The van der Waals surface area contributed by atoms with Gasteiger partial charge >= 0.3 is 11.9 Å². The molecule has 1 aromatic heterocycles. The predicted octanol–water partition coefficient (Wildman–Crippen LogP) is 1.76. The second-order valence-electron chi connectivity index (χ2n) is 4.31. The lowest BCUT2D eigenvalue weighted by molar-refractivity contribution is -0.174. The number of fused-ring (bicyclic) bond motifs is 1. The number of benzene rings is 1. The Bertz CT molecular complexity index is 690. The molecule has 1 aromatic carbocycles. The summed E-state index contributed by atoms with van der Waals surface area (Å²) in [5, 5.41) is 2.50. The summed E-state index contributed by atoms with van der Waals surface area (Å²) in [4.78, 5) is 27.7. The summed E-state index contributed by atoms with van der Waals surface area (Å²) in [7, 11) is 0. The zero-order valence-electron chi connectivity index (χ0n) is 10.7. The molecule has 6 nitrogen and oxygen atoms in total. The first-order valence-electron chi connectivity index (χ1n) is 6.00. The molecule has 0 saturated carbocycles. The van der Waals surface area contributed by atoms with Crippen molar-refractivity contribution in [1.29, 1.82) is 0 Å². The van der Waals surface area contributed by atoms with E-state index in [0.717, 1.165) is 0 Å². The number of halogens is 3. The molecule has 114 valence electrons. The maximum absolute atomic E-state index is 11.8. The van der Waals surface area contributed by atoms with Crippen LogP contribution in [0.5, 0.6) is 0 Å². The lowest BCUT2D eigenvalue weighted by atomic mass is 10.2. The highest BCUT2D eigenvalue weighted by Gasteiger charge is 2.27. The summed E-state index contributed by atoms with van der Waals surface area (Å²) < 4.78 is 39.8. The van der Waals surface area contributed by atoms with Gasteiger partial charge in [0.1, 0.15) is 6.61 Å². The monoisotopic (exact) mass is 303 g/mol. The van der Waals surface area contributed by atoms with Crippen LogP contribution in [0.4, 0.5) is 18.9 Å². The van der Waals surface area contributed by atoms with Gasteiger partial charge in [-0.25, -0.2) is 4.79 Å². The number of rotatable bonds is 5. The van der Waals surface area contributed by atoms with E-state index in [1.807, 2.05) is 0 Å². The van der Waals surface area contributed by atoms with Gasteiger partial charge in [0.05, 0.1) is 24.1 Å². The van der Waals surface area contributed by atoms with Crippen molar-refractivity contribution in [3.63, 3.8) is 0 Å². The van der Waals surface area contributed by atoms with Crippen LogP contribution in [-0.2, 0) is 9.53 Å². The van der Waals surface area contributed by atoms with Crippen molar-refractivity contribution in [1.82, 2.24) is 9.97 Å². The van der Waals surface area contributed by atoms with Gasteiger partial charge in [0.25, 0.3) is 0 Å². The highest BCUT2D eigenvalue weighted by atomic mass is 19.4. The molecular weight excluding hydrogens is 291 g/mol. The molecule has 2 rings (SSSR count). The highest BCUT2D eigenvalue weighted by Crippen LogP contribution is 2.16. The molecule has 1 heterocycles. The Hall–Kier alpha value is -2.29. The van der Waals surface area contributed by atoms with Crippen LogP contribution in [0.15, 0.2) is 23.0 Å². The molecule has 0 aliphatic heterocycles. The minimum Gasteiger partial charge on any atom is -0.372 e. The number of amides is 1. The van der Waals surface area contributed by atoms with E-state index in [4.69, 9.17) is 0 Å². The summed E-state index contributed by atoms with van der Waals surface area (Å²) in [6, 6.07) is 4.71. The zero-order chi connectivity index (χ0) is 15.5. The first kappa shape index (κ1) is 15.1. The summed E-state index contributed by atoms with van der Waals surface area (Å²) in [5.74, 6) is -0.477. The highest BCUT2D eigenvalue weighted by molar-refractivity contribution is 5.92. The fourth-order valence-electron chi connectivity index (χ4n) is 1.69. The molecule has 0 bridgehead atoms. The van der Waals surface area contributed by atoms with Gasteiger partial charge in [-0.15, -0.1) is 0 Å². The van der Waals surface area contributed by atoms with Crippen LogP contribution in [0.1, 0.15) is 6.42 Å². The summed E-state index contributed by atoms with van der Waals surface area (Å²) in [6.07, 6.45) is -4.60. The Morgan fingerprint density at radius 3 is 2.67 bits per heavy atom. The lowest BCUT2D eigenvalue weighted by Crippen LogP contribution is -2.20. The summed E-state index contributed by atoms with van der Waals surface area (Å²) >= 11 is 0. The molecule has 1 amide bonds. The number of alkyl halides is 3. The van der Waals surface area contributed by atoms with Crippen LogP contribution in [-0.4, -0.2) is 35.3 Å². The molecule has 0 aliphatic rings. The van der Waals surface area contributed by atoms with Crippen molar-refractivity contribution in [3.8, 4) is 0 Å². The van der Waals surface area contributed by atoms with Crippen LogP contribution in [0, 0.1) is 0 Å². The molecule has 0 atom stereocenters. The third kappa shape index (κ3) is 4.63. The van der Waals surface area contributed by atoms with Gasteiger partial charge in [-0.05, 0) is 18.2 Å². The van der Waals surface area contributed by atoms with Crippen LogP contribution >= 0.6 is 0 Å². The van der Waals surface area contributed by atoms with Crippen LogP contribution < -0.4 is 11.0 Å². The third-order valence-electron chi connectivity index (χ3n) is 2.54. The van der Waals surface area contributed by atoms with Gasteiger partial charge in [0.2, 0.25) is 5.91 Å². The Labute approximate surface area is 116 Å². The quantitative estimate of drug-likeness (QED) is 0.736. The number of hydrogen-bond acceptors (Lipinski definition) is 3. The molecule has 3 N–H and O–H groups in total. The number of anilines is 1. The van der Waals surface area contributed by atoms with E-state index >= 15 is 0 Å². The second kappa shape index (κ2) is 6.00. The topological polar surface area (TPSA) is 87.0 Å². The number of H-pyrrole nitrogens is 2. The van der Waals surface area contributed by atoms with Crippen molar-refractivity contribution < 1.29 is 22.7 Å². The molecular formula is C12H12F3N3O3. The number of ether oxygens (including phenoxy) is 1. The zero-order valence-corrected chi connectivity index (χ0v) is 10.7. The molecule has 2 aromatic rings. The number of carbonyl (C=O) groups excluding carboxylic acids is 1. The minimum absolute atomic E-state index is 0.197. The number of nitrogens with one attached hydrogen (secondary N) is 3. The van der Waals surface area contributed by atoms with E-state index in [1.54, 1.807) is 18.2 Å². The number of aromatic nitrogens is 2. The summed E-state index contributed by atoms with van der Waals surface area (Å²) in [6.45, 7) is -1.70. The average Bonchev–Trinajstić information content (AvgIpc) is 2.73. The van der Waals surface area contributed by atoms with Crippen molar-refractivity contribution >= 4 is 22.6 Å². The maximum Gasteiger partial charge on any atom is 0.411 e. The number of carbonyl (C=O) groups is 1. The van der Waals surface area contributed by atoms with Crippen LogP contribution in [0.25, 0.3) is 11.0 Å². The molecule has 9 heteroatoms. The fraction of sp³-hybridized carbons (Fsp3) is 0.333. The fourth-order valence-corrected chi connectivity index (χ4v) is 1.69. The maximum atomic E-state index is 11.8. The van der Waals surface area contributed by atoms with Crippen molar-refractivity contribution in [2.24, 2.45) is 0 Å². The minimum atomic E-state index is -4.40.